The quantitative estimate of drug-likeness (QED) is 0.324. The minimum Gasteiger partial charge on any atom is -0.481 e. The smallest absolute Gasteiger partial charge is 0.300 e. The molecule has 1 aliphatic rings. The van der Waals surface area contributed by atoms with E-state index in [9.17, 15) is 4.79 Å². The fourth-order valence-corrected chi connectivity index (χ4v) is 1.62. The molecule has 0 aromatic carbocycles. The molecular formula is C10H17NO4. The number of hydrogen-bond acceptors (Lipinski definition) is 4. The molecule has 0 bridgehead atoms. The van der Waals surface area contributed by atoms with Crippen molar-refractivity contribution in [3.05, 3.63) is 0 Å². The van der Waals surface area contributed by atoms with Gasteiger partial charge in [0.25, 0.3) is 5.97 Å². The minimum atomic E-state index is -0.833. The van der Waals surface area contributed by atoms with Crippen molar-refractivity contribution < 1.29 is 19.9 Å². The van der Waals surface area contributed by atoms with Gasteiger partial charge in [-0.1, -0.05) is 30.8 Å². The summed E-state index contributed by atoms with van der Waals surface area (Å²) in [5, 5.41) is 18.7. The van der Waals surface area contributed by atoms with Gasteiger partial charge < -0.3 is 10.3 Å². The highest BCUT2D eigenvalue weighted by Crippen LogP contribution is 2.27. The summed E-state index contributed by atoms with van der Waals surface area (Å²) in [7, 11) is 0. The number of carboxylic acids is 1. The van der Waals surface area contributed by atoms with Gasteiger partial charge in [0.05, 0.1) is 0 Å². The van der Waals surface area contributed by atoms with Crippen LogP contribution in [0.15, 0.2) is 5.16 Å². The summed E-state index contributed by atoms with van der Waals surface area (Å²) in [5.74, 6) is -0.258. The number of aldehydes is 1. The van der Waals surface area contributed by atoms with E-state index in [4.69, 9.17) is 15.1 Å². The highest BCUT2D eigenvalue weighted by atomic mass is 16.4. The molecule has 0 radical (unpaired) electrons. The predicted octanol–water partition coefficient (Wildman–Crippen LogP) is 1.69. The van der Waals surface area contributed by atoms with Gasteiger partial charge in [-0.25, -0.2) is 0 Å². The van der Waals surface area contributed by atoms with Crippen molar-refractivity contribution in [1.82, 2.24) is 0 Å². The Labute approximate surface area is 88.8 Å². The SMILES string of the molecule is CC(=O)O.O=CC(CC1CCCC1)=NO. The number of carbonyl (C=O) groups excluding carboxylic acids is 1. The number of oxime groups is 1. The summed E-state index contributed by atoms with van der Waals surface area (Å²) >= 11 is 0. The van der Waals surface area contributed by atoms with Gasteiger partial charge >= 0.3 is 0 Å². The Morgan fingerprint density at radius 3 is 2.27 bits per heavy atom. The molecule has 2 N–H and O–H groups in total. The van der Waals surface area contributed by atoms with Crippen LogP contribution in [0.5, 0.6) is 0 Å². The second-order valence-corrected chi connectivity index (χ2v) is 3.58. The van der Waals surface area contributed by atoms with Crippen molar-refractivity contribution >= 4 is 18.0 Å². The van der Waals surface area contributed by atoms with Crippen LogP contribution < -0.4 is 0 Å². The molecule has 0 aromatic rings. The summed E-state index contributed by atoms with van der Waals surface area (Å²) in [4.78, 5) is 19.2. The fourth-order valence-electron chi connectivity index (χ4n) is 1.62. The normalized spacial score (nSPS) is 16.7. The summed E-state index contributed by atoms with van der Waals surface area (Å²) in [6.07, 6.45) is 6.14. The fraction of sp³-hybridized carbons (Fsp3) is 0.700. The number of aliphatic carboxylic acids is 1. The van der Waals surface area contributed by atoms with Gasteiger partial charge in [0.15, 0.2) is 6.29 Å². The molecule has 0 saturated heterocycles. The van der Waals surface area contributed by atoms with Crippen molar-refractivity contribution in [3.8, 4) is 0 Å². The van der Waals surface area contributed by atoms with Crippen LogP contribution in [0.25, 0.3) is 0 Å². The first-order valence-corrected chi connectivity index (χ1v) is 4.95. The molecule has 0 aromatic heterocycles. The maximum Gasteiger partial charge on any atom is 0.300 e. The highest BCUT2D eigenvalue weighted by molar-refractivity contribution is 6.28. The molecule has 15 heavy (non-hydrogen) atoms. The lowest BCUT2D eigenvalue weighted by Crippen LogP contribution is -2.06. The van der Waals surface area contributed by atoms with Crippen LogP contribution in [0.2, 0.25) is 0 Å². The monoisotopic (exact) mass is 215 g/mol. The van der Waals surface area contributed by atoms with Crippen LogP contribution >= 0.6 is 0 Å². The van der Waals surface area contributed by atoms with E-state index in [1.807, 2.05) is 0 Å². The molecule has 0 unspecified atom stereocenters. The molecule has 5 heteroatoms. The molecule has 0 heterocycles. The van der Waals surface area contributed by atoms with Crippen LogP contribution in [0.4, 0.5) is 0 Å². The first-order valence-electron chi connectivity index (χ1n) is 4.95. The van der Waals surface area contributed by atoms with Gasteiger partial charge in [-0.3, -0.25) is 9.59 Å². The topological polar surface area (TPSA) is 87.0 Å². The standard InChI is InChI=1S/C8H13NO2.C2H4O2/c10-6-8(9-11)5-7-3-1-2-4-7;1-2(3)4/h6-7,11H,1-5H2;1H3,(H,3,4). The van der Waals surface area contributed by atoms with E-state index in [-0.39, 0.29) is 5.71 Å². The lowest BCUT2D eigenvalue weighted by Gasteiger charge is -2.04. The molecule has 0 amide bonds. The second-order valence-electron chi connectivity index (χ2n) is 3.58. The lowest BCUT2D eigenvalue weighted by atomic mass is 10.0. The highest BCUT2D eigenvalue weighted by Gasteiger charge is 2.16. The average molecular weight is 215 g/mol. The maximum absolute atomic E-state index is 10.2. The Bertz CT molecular complexity index is 228. The molecular weight excluding hydrogens is 198 g/mol. The molecule has 1 saturated carbocycles. The second kappa shape index (κ2) is 7.96. The maximum atomic E-state index is 10.2. The van der Waals surface area contributed by atoms with E-state index < -0.39 is 5.97 Å². The summed E-state index contributed by atoms with van der Waals surface area (Å²) < 4.78 is 0. The van der Waals surface area contributed by atoms with Crippen molar-refractivity contribution in [2.24, 2.45) is 11.1 Å². The summed E-state index contributed by atoms with van der Waals surface area (Å²) in [6.45, 7) is 1.08. The Balaban J connectivity index is 0.000000423. The summed E-state index contributed by atoms with van der Waals surface area (Å²) in [5.41, 5.74) is 0.289. The number of rotatable bonds is 3. The van der Waals surface area contributed by atoms with Gasteiger partial charge in [0.1, 0.15) is 5.71 Å². The van der Waals surface area contributed by atoms with E-state index in [1.54, 1.807) is 0 Å². The average Bonchev–Trinajstić information content (AvgIpc) is 2.65. The van der Waals surface area contributed by atoms with Gasteiger partial charge in [0, 0.05) is 6.92 Å². The van der Waals surface area contributed by atoms with Crippen LogP contribution in [0.3, 0.4) is 0 Å². The third-order valence-corrected chi connectivity index (χ3v) is 2.24. The summed E-state index contributed by atoms with van der Waals surface area (Å²) in [6, 6.07) is 0. The number of carbonyl (C=O) groups is 2. The molecule has 0 aliphatic heterocycles. The van der Waals surface area contributed by atoms with Crippen LogP contribution in [0, 0.1) is 5.92 Å². The first kappa shape index (κ1) is 13.6. The van der Waals surface area contributed by atoms with Gasteiger partial charge in [-0.05, 0) is 12.3 Å². The minimum absolute atomic E-state index is 0.289. The van der Waals surface area contributed by atoms with Crippen molar-refractivity contribution in [2.75, 3.05) is 0 Å². The van der Waals surface area contributed by atoms with E-state index in [2.05, 4.69) is 5.16 Å². The van der Waals surface area contributed by atoms with Gasteiger partial charge in [-0.15, -0.1) is 0 Å². The van der Waals surface area contributed by atoms with E-state index in [1.165, 1.54) is 25.7 Å². The van der Waals surface area contributed by atoms with E-state index in [0.29, 0.717) is 18.6 Å². The molecule has 1 rings (SSSR count). The lowest BCUT2D eigenvalue weighted by molar-refractivity contribution is -0.134. The van der Waals surface area contributed by atoms with Crippen molar-refractivity contribution in [1.29, 1.82) is 0 Å². The molecule has 1 aliphatic carbocycles. The molecule has 5 nitrogen and oxygen atoms in total. The molecule has 0 spiro atoms. The van der Waals surface area contributed by atoms with Crippen LogP contribution in [-0.4, -0.2) is 28.3 Å². The molecule has 0 atom stereocenters. The number of carboxylic acid groups (broad SMARTS) is 1. The zero-order valence-corrected chi connectivity index (χ0v) is 8.85. The third-order valence-electron chi connectivity index (χ3n) is 2.24. The number of nitrogens with zero attached hydrogens (tertiary/aromatic N) is 1. The van der Waals surface area contributed by atoms with Gasteiger partial charge in [0.2, 0.25) is 0 Å². The van der Waals surface area contributed by atoms with E-state index in [0.717, 1.165) is 6.92 Å². The molecule has 1 fully saturated rings. The van der Waals surface area contributed by atoms with Crippen LogP contribution in [-0.2, 0) is 9.59 Å². The Kier molecular flexibility index (Phi) is 7.23. The zero-order chi connectivity index (χ0) is 11.7. The van der Waals surface area contributed by atoms with E-state index >= 15 is 0 Å². The molecule has 86 valence electrons. The largest absolute Gasteiger partial charge is 0.481 e. The van der Waals surface area contributed by atoms with Crippen molar-refractivity contribution in [2.45, 2.75) is 39.0 Å². The predicted molar refractivity (Wildman–Crippen MR) is 55.2 cm³/mol. The Hall–Kier alpha value is -1.39. The first-order chi connectivity index (χ1) is 7.10. The van der Waals surface area contributed by atoms with Crippen molar-refractivity contribution in [3.63, 3.8) is 0 Å². The van der Waals surface area contributed by atoms with Gasteiger partial charge in [-0.2, -0.15) is 0 Å². The Morgan fingerprint density at radius 2 is 1.93 bits per heavy atom. The zero-order valence-electron chi connectivity index (χ0n) is 8.85. The van der Waals surface area contributed by atoms with Crippen LogP contribution in [0.1, 0.15) is 39.0 Å². The Morgan fingerprint density at radius 1 is 1.47 bits per heavy atom. The third kappa shape index (κ3) is 7.66. The number of hydrogen-bond donors (Lipinski definition) is 2.